The lowest BCUT2D eigenvalue weighted by Gasteiger charge is -2.34. The van der Waals surface area contributed by atoms with Crippen molar-refractivity contribution in [1.82, 2.24) is 24.5 Å². The zero-order valence-electron chi connectivity index (χ0n) is 24.5. The number of hydrogen-bond donors (Lipinski definition) is 2. The molecule has 1 saturated heterocycles. The Morgan fingerprint density at radius 3 is 2.71 bits per heavy atom. The molecule has 0 aromatic carbocycles. The van der Waals surface area contributed by atoms with Gasteiger partial charge in [-0.2, -0.15) is 8.42 Å². The first kappa shape index (κ1) is 28.4. The van der Waals surface area contributed by atoms with Gasteiger partial charge in [0.1, 0.15) is 11.6 Å². The third-order valence-corrected chi connectivity index (χ3v) is 9.98. The summed E-state index contributed by atoms with van der Waals surface area (Å²) in [5.41, 5.74) is 0.288. The van der Waals surface area contributed by atoms with Crippen molar-refractivity contribution in [2.24, 2.45) is 11.3 Å². The Hall–Kier alpha value is -3.67. The second kappa shape index (κ2) is 10.9. The van der Waals surface area contributed by atoms with Gasteiger partial charge in [-0.15, -0.1) is 5.10 Å². The van der Waals surface area contributed by atoms with E-state index < -0.39 is 15.9 Å². The molecular formula is C30H39N7O4S. The second-order valence-electron chi connectivity index (χ2n) is 12.8. The Morgan fingerprint density at radius 1 is 1.07 bits per heavy atom. The Kier molecular flexibility index (Phi) is 7.36. The van der Waals surface area contributed by atoms with Gasteiger partial charge in [0, 0.05) is 30.9 Å². The van der Waals surface area contributed by atoms with Crippen LogP contribution in [0.5, 0.6) is 5.88 Å². The zero-order chi connectivity index (χ0) is 29.5. The summed E-state index contributed by atoms with van der Waals surface area (Å²) < 4.78 is 36.2. The molecule has 224 valence electrons. The molecule has 0 radical (unpaired) electrons. The summed E-state index contributed by atoms with van der Waals surface area (Å²) in [6, 6.07) is 9.82. The fraction of sp³-hybridized carbons (Fsp3) is 0.533. The maximum atomic E-state index is 13.6. The van der Waals surface area contributed by atoms with E-state index in [1.165, 1.54) is 18.9 Å². The molecule has 1 amide bonds. The molecule has 3 aromatic rings. The van der Waals surface area contributed by atoms with Crippen LogP contribution < -0.4 is 19.7 Å². The van der Waals surface area contributed by atoms with Gasteiger partial charge in [-0.25, -0.2) is 19.4 Å². The molecule has 11 nitrogen and oxygen atoms in total. The number of carbonyl (C=O) groups excluding carboxylic acids is 1. The number of amides is 1. The number of fused-ring (bicyclic) bond motifs is 6. The lowest BCUT2D eigenvalue weighted by Crippen LogP contribution is -2.41. The number of aromatic nitrogens is 4. The van der Waals surface area contributed by atoms with Gasteiger partial charge in [0.25, 0.3) is 15.9 Å². The molecule has 1 atom stereocenters. The Morgan fingerprint density at radius 2 is 1.90 bits per heavy atom. The number of ether oxygens (including phenoxy) is 1. The van der Waals surface area contributed by atoms with Crippen LogP contribution in [0.4, 0.5) is 11.6 Å². The van der Waals surface area contributed by atoms with Crippen molar-refractivity contribution in [1.29, 1.82) is 0 Å². The molecule has 12 heteroatoms. The van der Waals surface area contributed by atoms with Crippen molar-refractivity contribution in [2.45, 2.75) is 76.3 Å². The number of sulfonamides is 1. The molecule has 3 aromatic heterocycles. The van der Waals surface area contributed by atoms with E-state index in [9.17, 15) is 13.2 Å². The minimum absolute atomic E-state index is 0.179. The van der Waals surface area contributed by atoms with E-state index in [-0.39, 0.29) is 16.1 Å². The molecular weight excluding hydrogens is 554 g/mol. The van der Waals surface area contributed by atoms with Crippen LogP contribution in [0, 0.1) is 11.3 Å². The largest absolute Gasteiger partial charge is 0.477 e. The first-order valence-corrected chi connectivity index (χ1v) is 16.3. The highest BCUT2D eigenvalue weighted by Gasteiger charge is 2.41. The summed E-state index contributed by atoms with van der Waals surface area (Å²) in [5, 5.41) is 7.56. The van der Waals surface area contributed by atoms with Crippen LogP contribution in [-0.4, -0.2) is 59.3 Å². The molecule has 4 bridgehead atoms. The van der Waals surface area contributed by atoms with E-state index in [4.69, 9.17) is 9.72 Å². The van der Waals surface area contributed by atoms with Crippen LogP contribution in [0.15, 0.2) is 47.6 Å². The van der Waals surface area contributed by atoms with Crippen molar-refractivity contribution in [3.05, 3.63) is 48.2 Å². The first-order chi connectivity index (χ1) is 20.0. The summed E-state index contributed by atoms with van der Waals surface area (Å²) in [4.78, 5) is 24.9. The molecule has 3 aliphatic rings. The van der Waals surface area contributed by atoms with Gasteiger partial charge in [0.2, 0.25) is 5.88 Å². The summed E-state index contributed by atoms with van der Waals surface area (Å²) >= 11 is 0. The lowest BCUT2D eigenvalue weighted by molar-refractivity contribution is 0.0981. The van der Waals surface area contributed by atoms with Crippen LogP contribution >= 0.6 is 0 Å². The normalized spacial score (nSPS) is 22.5. The average molecular weight is 594 g/mol. The van der Waals surface area contributed by atoms with Gasteiger partial charge in [0.15, 0.2) is 10.8 Å². The topological polar surface area (TPSA) is 131 Å². The smallest absolute Gasteiger partial charge is 0.281 e. The Balaban J connectivity index is 1.34. The van der Waals surface area contributed by atoms with Gasteiger partial charge < -0.3 is 15.0 Å². The van der Waals surface area contributed by atoms with Crippen molar-refractivity contribution >= 4 is 27.6 Å². The summed E-state index contributed by atoms with van der Waals surface area (Å²) in [5.74, 6) is 1.58. The summed E-state index contributed by atoms with van der Waals surface area (Å²) in [6.45, 7) is 8.57. The van der Waals surface area contributed by atoms with E-state index in [1.807, 2.05) is 0 Å². The highest BCUT2D eigenvalue weighted by Crippen LogP contribution is 2.48. The average Bonchev–Trinajstić information content (AvgIpc) is 3.34. The van der Waals surface area contributed by atoms with Crippen LogP contribution in [0.3, 0.4) is 0 Å². The summed E-state index contributed by atoms with van der Waals surface area (Å²) in [6.07, 6.45) is 9.21. The van der Waals surface area contributed by atoms with Gasteiger partial charge >= 0.3 is 0 Å². The van der Waals surface area contributed by atoms with Gasteiger partial charge in [-0.05, 0) is 88.0 Å². The monoisotopic (exact) mass is 593 g/mol. The molecule has 1 unspecified atom stereocenters. The fourth-order valence-electron chi connectivity index (χ4n) is 5.95. The predicted molar refractivity (Wildman–Crippen MR) is 160 cm³/mol. The number of anilines is 2. The number of nitrogens with one attached hydrogen (secondary N) is 2. The fourth-order valence-corrected chi connectivity index (χ4v) is 6.88. The molecule has 2 fully saturated rings. The van der Waals surface area contributed by atoms with Crippen LogP contribution in [0.25, 0.3) is 5.82 Å². The zero-order valence-corrected chi connectivity index (χ0v) is 25.3. The van der Waals surface area contributed by atoms with Crippen molar-refractivity contribution < 1.29 is 17.9 Å². The third kappa shape index (κ3) is 6.08. The van der Waals surface area contributed by atoms with Gasteiger partial charge in [-0.1, -0.05) is 19.4 Å². The van der Waals surface area contributed by atoms with E-state index in [2.05, 4.69) is 45.8 Å². The molecule has 5 heterocycles. The maximum absolute atomic E-state index is 13.6. The van der Waals surface area contributed by atoms with E-state index in [1.54, 1.807) is 41.2 Å². The van der Waals surface area contributed by atoms with E-state index >= 15 is 0 Å². The minimum atomic E-state index is -4.23. The van der Waals surface area contributed by atoms with E-state index in [0.29, 0.717) is 47.8 Å². The first-order valence-electron chi connectivity index (χ1n) is 14.8. The number of carbonyl (C=O) groups is 1. The van der Waals surface area contributed by atoms with E-state index in [0.717, 1.165) is 38.6 Å². The van der Waals surface area contributed by atoms with Gasteiger partial charge in [-0.3, -0.25) is 4.79 Å². The molecule has 1 saturated carbocycles. The van der Waals surface area contributed by atoms with Crippen LogP contribution in [-0.2, 0) is 10.0 Å². The molecule has 0 spiro atoms. The number of hydrogen-bond acceptors (Lipinski definition) is 9. The Bertz CT molecular complexity index is 1580. The quantitative estimate of drug-likeness (QED) is 0.437. The highest BCUT2D eigenvalue weighted by molar-refractivity contribution is 7.90. The number of rotatable bonds is 5. The molecule has 2 aliphatic heterocycles. The predicted octanol–water partition coefficient (Wildman–Crippen LogP) is 4.55. The third-order valence-electron chi connectivity index (χ3n) is 8.75. The Labute approximate surface area is 247 Å². The van der Waals surface area contributed by atoms with Crippen LogP contribution in [0.1, 0.15) is 76.1 Å². The lowest BCUT2D eigenvalue weighted by atomic mass is 9.93. The molecule has 6 rings (SSSR count). The molecule has 42 heavy (non-hydrogen) atoms. The molecule has 1 aliphatic carbocycles. The number of pyridine rings is 2. The SMILES string of the molecule is CC1(CCOc2ccn(-c3ccc4c(n3)N3CC(CCCCNc5cccc(n5)S(=O)(=O)NC4=O)CC3(C)C)n2)CC1. The maximum Gasteiger partial charge on any atom is 0.281 e. The van der Waals surface area contributed by atoms with Crippen LogP contribution in [0.2, 0.25) is 0 Å². The molecule has 2 N–H and O–H groups in total. The highest BCUT2D eigenvalue weighted by atomic mass is 32.2. The summed E-state index contributed by atoms with van der Waals surface area (Å²) in [7, 11) is -4.23. The second-order valence-corrected chi connectivity index (χ2v) is 14.4. The van der Waals surface area contributed by atoms with Crippen molar-refractivity contribution in [3.8, 4) is 11.7 Å². The standard InChI is InChI=1S/C30H39N7O4S/c1-29(2)19-21-7-4-5-16-31-23-8-6-9-26(32-23)42(39,40)35-28(38)22-10-11-24(33-27(22)36(29)20-21)37-17-12-25(34-37)41-18-15-30(3)13-14-30/h6,8-12,17,21H,4-5,7,13-16,18-20H2,1-3H3,(H,31,32)(H,35,38). The van der Waals surface area contributed by atoms with Crippen molar-refractivity contribution in [3.63, 3.8) is 0 Å². The van der Waals surface area contributed by atoms with Gasteiger partial charge in [0.05, 0.1) is 12.2 Å². The minimum Gasteiger partial charge on any atom is -0.477 e. The number of nitrogens with zero attached hydrogens (tertiary/aromatic N) is 5. The van der Waals surface area contributed by atoms with Crippen molar-refractivity contribution in [2.75, 3.05) is 29.9 Å².